The van der Waals surface area contributed by atoms with Crippen molar-refractivity contribution in [3.8, 4) is 0 Å². The maximum absolute atomic E-state index is 13.3. The van der Waals surface area contributed by atoms with Gasteiger partial charge < -0.3 is 5.32 Å². The summed E-state index contributed by atoms with van der Waals surface area (Å²) in [5, 5.41) is 3.23. The van der Waals surface area contributed by atoms with Crippen molar-refractivity contribution >= 4 is 16.1 Å². The number of piperazine rings is 1. The van der Waals surface area contributed by atoms with Crippen molar-refractivity contribution < 1.29 is 13.2 Å². The van der Waals surface area contributed by atoms with Gasteiger partial charge >= 0.3 is 0 Å². The Morgan fingerprint density at radius 3 is 1.71 bits per heavy atom. The lowest BCUT2D eigenvalue weighted by molar-refractivity contribution is -0.126. The molecule has 0 aromatic heterocycles. The first-order valence-corrected chi connectivity index (χ1v) is 13.8. The molecule has 34 heavy (non-hydrogen) atoms. The van der Waals surface area contributed by atoms with Crippen molar-refractivity contribution in [2.75, 3.05) is 39.3 Å². The van der Waals surface area contributed by atoms with Crippen LogP contribution in [0.2, 0.25) is 0 Å². The van der Waals surface area contributed by atoms with Gasteiger partial charge in [-0.25, -0.2) is 0 Å². The van der Waals surface area contributed by atoms with Gasteiger partial charge in [0.1, 0.15) is 0 Å². The molecule has 0 spiro atoms. The maximum atomic E-state index is 13.3. The SMILES string of the molecule is CC(C(=O)NC(c1ccccc1)c1ccccc1)N1CCN(S(=O)(=O)N2CCCCCC2)CC1. The van der Waals surface area contributed by atoms with E-state index >= 15 is 0 Å². The van der Waals surface area contributed by atoms with Crippen LogP contribution in [0, 0.1) is 0 Å². The number of nitrogens with zero attached hydrogens (tertiary/aromatic N) is 3. The number of hydrogen-bond acceptors (Lipinski definition) is 4. The van der Waals surface area contributed by atoms with Gasteiger partial charge in [0.15, 0.2) is 0 Å². The second kappa shape index (κ2) is 11.4. The summed E-state index contributed by atoms with van der Waals surface area (Å²) in [6, 6.07) is 19.4. The van der Waals surface area contributed by atoms with E-state index in [4.69, 9.17) is 0 Å². The van der Waals surface area contributed by atoms with Crippen LogP contribution in [0.1, 0.15) is 49.8 Å². The molecule has 8 heteroatoms. The molecule has 1 amide bonds. The number of amides is 1. The summed E-state index contributed by atoms with van der Waals surface area (Å²) >= 11 is 0. The molecule has 184 valence electrons. The van der Waals surface area contributed by atoms with Gasteiger partial charge in [-0.15, -0.1) is 0 Å². The van der Waals surface area contributed by atoms with E-state index in [1.165, 1.54) is 0 Å². The Kier molecular flexibility index (Phi) is 8.37. The molecule has 1 unspecified atom stereocenters. The molecule has 4 rings (SSSR count). The number of hydrogen-bond donors (Lipinski definition) is 1. The minimum atomic E-state index is -3.43. The summed E-state index contributed by atoms with van der Waals surface area (Å²) in [6.07, 6.45) is 4.06. The second-order valence-corrected chi connectivity index (χ2v) is 11.1. The molecule has 2 saturated heterocycles. The molecule has 2 fully saturated rings. The van der Waals surface area contributed by atoms with Crippen LogP contribution in [0.5, 0.6) is 0 Å². The van der Waals surface area contributed by atoms with Crippen molar-refractivity contribution in [1.29, 1.82) is 0 Å². The van der Waals surface area contributed by atoms with E-state index in [1.807, 2.05) is 67.6 Å². The monoisotopic (exact) mass is 484 g/mol. The molecule has 2 aromatic rings. The van der Waals surface area contributed by atoms with Crippen LogP contribution in [0.3, 0.4) is 0 Å². The van der Waals surface area contributed by atoms with Crippen LogP contribution in [-0.2, 0) is 15.0 Å². The van der Waals surface area contributed by atoms with E-state index in [0.717, 1.165) is 36.8 Å². The summed E-state index contributed by atoms with van der Waals surface area (Å²) in [6.45, 7) is 5.05. The zero-order chi connectivity index (χ0) is 24.0. The number of nitrogens with one attached hydrogen (secondary N) is 1. The third kappa shape index (κ3) is 5.86. The van der Waals surface area contributed by atoms with Crippen molar-refractivity contribution in [3.05, 3.63) is 71.8 Å². The molecule has 0 radical (unpaired) electrons. The zero-order valence-electron chi connectivity index (χ0n) is 20.0. The Morgan fingerprint density at radius 1 is 0.735 bits per heavy atom. The van der Waals surface area contributed by atoms with E-state index in [9.17, 15) is 13.2 Å². The number of benzene rings is 2. The highest BCUT2D eigenvalue weighted by molar-refractivity contribution is 7.86. The van der Waals surface area contributed by atoms with E-state index in [2.05, 4.69) is 10.2 Å². The first-order valence-electron chi connectivity index (χ1n) is 12.4. The predicted molar refractivity (Wildman–Crippen MR) is 134 cm³/mol. The number of rotatable bonds is 7. The molecule has 2 heterocycles. The molecular weight excluding hydrogens is 448 g/mol. The average molecular weight is 485 g/mol. The molecule has 2 aromatic carbocycles. The van der Waals surface area contributed by atoms with Crippen LogP contribution in [0.4, 0.5) is 0 Å². The molecule has 0 aliphatic carbocycles. The van der Waals surface area contributed by atoms with E-state index in [-0.39, 0.29) is 18.0 Å². The van der Waals surface area contributed by atoms with E-state index < -0.39 is 10.2 Å². The van der Waals surface area contributed by atoms with Crippen molar-refractivity contribution in [2.24, 2.45) is 0 Å². The number of carbonyl (C=O) groups is 1. The third-order valence-electron chi connectivity index (χ3n) is 6.97. The smallest absolute Gasteiger partial charge is 0.282 e. The lowest BCUT2D eigenvalue weighted by Crippen LogP contribution is -2.57. The largest absolute Gasteiger partial charge is 0.344 e. The van der Waals surface area contributed by atoms with Gasteiger partial charge in [-0.05, 0) is 30.9 Å². The fourth-order valence-electron chi connectivity index (χ4n) is 4.84. The van der Waals surface area contributed by atoms with Gasteiger partial charge in [-0.2, -0.15) is 17.0 Å². The Hall–Kier alpha value is -2.26. The van der Waals surface area contributed by atoms with Gasteiger partial charge in [0, 0.05) is 39.3 Å². The fraction of sp³-hybridized carbons (Fsp3) is 0.500. The Labute approximate surface area is 203 Å². The lowest BCUT2D eigenvalue weighted by atomic mass is 9.98. The van der Waals surface area contributed by atoms with Crippen LogP contribution < -0.4 is 5.32 Å². The molecule has 0 bridgehead atoms. The van der Waals surface area contributed by atoms with Crippen molar-refractivity contribution in [2.45, 2.75) is 44.7 Å². The standard InChI is InChI=1S/C26H36N4O3S/c1-22(26(31)27-25(23-12-6-4-7-13-23)24-14-8-5-9-15-24)28-18-20-30(21-19-28)34(32,33)29-16-10-2-3-11-17-29/h4-9,12-15,22,25H,2-3,10-11,16-21H2,1H3,(H,27,31). The molecular formula is C26H36N4O3S. The first kappa shape index (κ1) is 24.9. The highest BCUT2D eigenvalue weighted by atomic mass is 32.2. The molecule has 1 N–H and O–H groups in total. The fourth-order valence-corrected chi connectivity index (χ4v) is 6.51. The van der Waals surface area contributed by atoms with Gasteiger partial charge in [0.2, 0.25) is 5.91 Å². The Balaban J connectivity index is 1.38. The van der Waals surface area contributed by atoms with Crippen LogP contribution in [-0.4, -0.2) is 73.1 Å². The lowest BCUT2D eigenvalue weighted by Gasteiger charge is -2.38. The Morgan fingerprint density at radius 2 is 1.21 bits per heavy atom. The summed E-state index contributed by atoms with van der Waals surface area (Å²) in [7, 11) is -3.43. The third-order valence-corrected chi connectivity index (χ3v) is 9.01. The van der Waals surface area contributed by atoms with E-state index in [0.29, 0.717) is 39.3 Å². The summed E-state index contributed by atoms with van der Waals surface area (Å²) in [5.74, 6) is -0.0541. The molecule has 2 aliphatic rings. The van der Waals surface area contributed by atoms with Gasteiger partial charge in [0.25, 0.3) is 10.2 Å². The molecule has 1 atom stereocenters. The molecule has 0 saturated carbocycles. The average Bonchev–Trinajstić information content (AvgIpc) is 3.18. The maximum Gasteiger partial charge on any atom is 0.282 e. The zero-order valence-corrected chi connectivity index (χ0v) is 20.8. The first-order chi connectivity index (χ1) is 16.5. The van der Waals surface area contributed by atoms with Gasteiger partial charge in [0.05, 0.1) is 12.1 Å². The molecule has 7 nitrogen and oxygen atoms in total. The van der Waals surface area contributed by atoms with Crippen molar-refractivity contribution in [3.63, 3.8) is 0 Å². The minimum Gasteiger partial charge on any atom is -0.344 e. The van der Waals surface area contributed by atoms with Gasteiger partial charge in [-0.3, -0.25) is 9.69 Å². The second-order valence-electron chi connectivity index (χ2n) is 9.19. The predicted octanol–water partition coefficient (Wildman–Crippen LogP) is 3.02. The minimum absolute atomic E-state index is 0.0541. The van der Waals surface area contributed by atoms with E-state index in [1.54, 1.807) is 8.61 Å². The van der Waals surface area contributed by atoms with Crippen molar-refractivity contribution in [1.82, 2.24) is 18.8 Å². The number of carbonyl (C=O) groups excluding carboxylic acids is 1. The highest BCUT2D eigenvalue weighted by Gasteiger charge is 2.35. The van der Waals surface area contributed by atoms with Gasteiger partial charge in [-0.1, -0.05) is 73.5 Å². The molecule has 2 aliphatic heterocycles. The quantitative estimate of drug-likeness (QED) is 0.656. The topological polar surface area (TPSA) is 73.0 Å². The normalized spacial score (nSPS) is 20.1. The highest BCUT2D eigenvalue weighted by Crippen LogP contribution is 2.23. The van der Waals surface area contributed by atoms with Crippen LogP contribution in [0.25, 0.3) is 0 Å². The van der Waals surface area contributed by atoms with Crippen LogP contribution in [0.15, 0.2) is 60.7 Å². The van der Waals surface area contributed by atoms with Crippen LogP contribution >= 0.6 is 0 Å². The summed E-state index contributed by atoms with van der Waals surface area (Å²) in [5.41, 5.74) is 2.06. The summed E-state index contributed by atoms with van der Waals surface area (Å²) in [4.78, 5) is 15.4. The summed E-state index contributed by atoms with van der Waals surface area (Å²) < 4.78 is 29.5. The Bertz CT molecular complexity index is 977.